The van der Waals surface area contributed by atoms with Gasteiger partial charge in [0.2, 0.25) is 0 Å². The molecule has 2 nitrogen and oxygen atoms in total. The Hall–Kier alpha value is -1.16. The zero-order chi connectivity index (χ0) is 11.6. The molecule has 15 heavy (non-hydrogen) atoms. The Morgan fingerprint density at radius 2 is 1.73 bits per heavy atom. The van der Waals surface area contributed by atoms with Crippen LogP contribution in [0.1, 0.15) is 19.4 Å². The summed E-state index contributed by atoms with van der Waals surface area (Å²) in [7, 11) is 1.87. The van der Waals surface area contributed by atoms with E-state index in [1.54, 1.807) is 0 Å². The van der Waals surface area contributed by atoms with Crippen molar-refractivity contribution in [3.8, 4) is 5.75 Å². The second-order valence-electron chi connectivity index (χ2n) is 3.92. The Balaban J connectivity index is 2.88. The first-order valence-electron chi connectivity index (χ1n) is 4.79. The maximum Gasteiger partial charge on any atom is 0.187 e. The van der Waals surface area contributed by atoms with Crippen LogP contribution in [0.25, 0.3) is 0 Å². The van der Waals surface area contributed by atoms with E-state index in [4.69, 9.17) is 5.11 Å². The van der Waals surface area contributed by atoms with Crippen molar-refractivity contribution >= 4 is 0 Å². The van der Waals surface area contributed by atoms with Crippen LogP contribution in [-0.4, -0.2) is 23.1 Å². The molecule has 1 aromatic rings. The van der Waals surface area contributed by atoms with Crippen molar-refractivity contribution in [1.82, 2.24) is 4.90 Å². The van der Waals surface area contributed by atoms with Gasteiger partial charge in [-0.25, -0.2) is 8.78 Å². The molecule has 0 spiro atoms. The maximum absolute atomic E-state index is 13.0. The third-order valence-electron chi connectivity index (χ3n) is 2.39. The van der Waals surface area contributed by atoms with Gasteiger partial charge in [0.15, 0.2) is 17.4 Å². The van der Waals surface area contributed by atoms with E-state index in [0.717, 1.165) is 12.1 Å². The summed E-state index contributed by atoms with van der Waals surface area (Å²) in [6.45, 7) is 4.44. The Labute approximate surface area is 88.1 Å². The van der Waals surface area contributed by atoms with Crippen molar-refractivity contribution in [2.75, 3.05) is 7.05 Å². The van der Waals surface area contributed by atoms with Crippen molar-refractivity contribution < 1.29 is 13.9 Å². The number of aromatic hydroxyl groups is 1. The molecule has 4 heteroatoms. The second kappa shape index (κ2) is 4.57. The first-order valence-corrected chi connectivity index (χ1v) is 4.79. The highest BCUT2D eigenvalue weighted by molar-refractivity contribution is 5.29. The number of benzene rings is 1. The minimum absolute atomic E-state index is 0.296. The summed E-state index contributed by atoms with van der Waals surface area (Å²) in [4.78, 5) is 1.95. The summed E-state index contributed by atoms with van der Waals surface area (Å²) in [5, 5.41) is 8.91. The van der Waals surface area contributed by atoms with E-state index in [2.05, 4.69) is 0 Å². The SMILES string of the molecule is CC(C)N(C)Cc1cc(F)c(O)c(F)c1. The van der Waals surface area contributed by atoms with Gasteiger partial charge in [-0.1, -0.05) is 0 Å². The van der Waals surface area contributed by atoms with E-state index in [9.17, 15) is 8.78 Å². The van der Waals surface area contributed by atoms with Crippen molar-refractivity contribution in [2.24, 2.45) is 0 Å². The first kappa shape index (κ1) is 11.9. The number of phenolic OH excluding ortho intramolecular Hbond substituents is 1. The van der Waals surface area contributed by atoms with Crippen molar-refractivity contribution in [2.45, 2.75) is 26.4 Å². The van der Waals surface area contributed by atoms with Crippen LogP contribution in [0.2, 0.25) is 0 Å². The molecule has 0 aliphatic rings. The summed E-state index contributed by atoms with van der Waals surface area (Å²) < 4.78 is 26.0. The molecule has 0 heterocycles. The molecule has 1 N–H and O–H groups in total. The van der Waals surface area contributed by atoms with Crippen LogP contribution >= 0.6 is 0 Å². The number of nitrogens with zero attached hydrogens (tertiary/aromatic N) is 1. The van der Waals surface area contributed by atoms with Gasteiger partial charge in [-0.15, -0.1) is 0 Å². The predicted octanol–water partition coefficient (Wildman–Crippen LogP) is 2.51. The maximum atomic E-state index is 13.0. The molecule has 1 rings (SSSR count). The molecular formula is C11H15F2NO. The molecule has 0 saturated carbocycles. The fourth-order valence-electron chi connectivity index (χ4n) is 1.18. The molecule has 0 unspecified atom stereocenters. The van der Waals surface area contributed by atoms with E-state index in [1.807, 2.05) is 25.8 Å². The molecule has 0 radical (unpaired) electrons. The lowest BCUT2D eigenvalue weighted by Gasteiger charge is -2.21. The Kier molecular flexibility index (Phi) is 3.63. The Bertz CT molecular complexity index is 329. The zero-order valence-corrected chi connectivity index (χ0v) is 9.09. The minimum Gasteiger partial charge on any atom is -0.503 e. The number of rotatable bonds is 3. The lowest BCUT2D eigenvalue weighted by Crippen LogP contribution is -2.25. The molecule has 0 aromatic heterocycles. The smallest absolute Gasteiger partial charge is 0.187 e. The van der Waals surface area contributed by atoms with E-state index in [0.29, 0.717) is 18.2 Å². The molecule has 1 aromatic carbocycles. The van der Waals surface area contributed by atoms with E-state index < -0.39 is 17.4 Å². The van der Waals surface area contributed by atoms with Crippen molar-refractivity contribution in [1.29, 1.82) is 0 Å². The number of hydrogen-bond acceptors (Lipinski definition) is 2. The van der Waals surface area contributed by atoms with Crippen LogP contribution < -0.4 is 0 Å². The van der Waals surface area contributed by atoms with Crippen LogP contribution in [0.15, 0.2) is 12.1 Å². The van der Waals surface area contributed by atoms with Crippen LogP contribution in [-0.2, 0) is 6.54 Å². The lowest BCUT2D eigenvalue weighted by atomic mass is 10.1. The van der Waals surface area contributed by atoms with Gasteiger partial charge in [-0.3, -0.25) is 4.90 Å². The quantitative estimate of drug-likeness (QED) is 0.837. The summed E-state index contributed by atoms with van der Waals surface area (Å²) in [6, 6.07) is 2.60. The van der Waals surface area contributed by atoms with Gasteiger partial charge in [0.05, 0.1) is 0 Å². The summed E-state index contributed by atoms with van der Waals surface area (Å²) in [5.74, 6) is -2.74. The van der Waals surface area contributed by atoms with Crippen LogP contribution in [0.5, 0.6) is 5.75 Å². The third kappa shape index (κ3) is 2.89. The highest BCUT2D eigenvalue weighted by Crippen LogP contribution is 2.22. The first-order chi connectivity index (χ1) is 6.91. The van der Waals surface area contributed by atoms with Gasteiger partial charge in [0.25, 0.3) is 0 Å². The van der Waals surface area contributed by atoms with Gasteiger partial charge < -0.3 is 5.11 Å². The number of phenols is 1. The molecule has 0 aliphatic carbocycles. The average Bonchev–Trinajstić information content (AvgIpc) is 2.13. The summed E-state index contributed by atoms with van der Waals surface area (Å²) in [5.41, 5.74) is 0.513. The van der Waals surface area contributed by atoms with Crippen molar-refractivity contribution in [3.63, 3.8) is 0 Å². The highest BCUT2D eigenvalue weighted by Gasteiger charge is 2.11. The second-order valence-corrected chi connectivity index (χ2v) is 3.92. The molecule has 0 bridgehead atoms. The van der Waals surface area contributed by atoms with E-state index in [1.165, 1.54) is 0 Å². The largest absolute Gasteiger partial charge is 0.503 e. The average molecular weight is 215 g/mol. The molecule has 84 valence electrons. The van der Waals surface area contributed by atoms with Gasteiger partial charge in [0.1, 0.15) is 0 Å². The number of halogens is 2. The normalized spacial score (nSPS) is 11.4. The highest BCUT2D eigenvalue weighted by atomic mass is 19.1. The fraction of sp³-hybridized carbons (Fsp3) is 0.455. The summed E-state index contributed by atoms with van der Waals surface area (Å²) in [6.07, 6.45) is 0. The predicted molar refractivity (Wildman–Crippen MR) is 54.6 cm³/mol. The zero-order valence-electron chi connectivity index (χ0n) is 9.09. The van der Waals surface area contributed by atoms with Gasteiger partial charge in [-0.05, 0) is 38.6 Å². The number of hydrogen-bond donors (Lipinski definition) is 1. The van der Waals surface area contributed by atoms with Crippen LogP contribution in [0.4, 0.5) is 8.78 Å². The summed E-state index contributed by atoms with van der Waals surface area (Å²) >= 11 is 0. The molecule has 0 fully saturated rings. The van der Waals surface area contributed by atoms with Crippen molar-refractivity contribution in [3.05, 3.63) is 29.3 Å². The van der Waals surface area contributed by atoms with E-state index >= 15 is 0 Å². The fourth-order valence-corrected chi connectivity index (χ4v) is 1.18. The topological polar surface area (TPSA) is 23.5 Å². The van der Waals surface area contributed by atoms with Gasteiger partial charge in [0, 0.05) is 12.6 Å². The molecule has 0 atom stereocenters. The lowest BCUT2D eigenvalue weighted by molar-refractivity contribution is 0.264. The van der Waals surface area contributed by atoms with Crippen LogP contribution in [0, 0.1) is 11.6 Å². The molecule has 0 saturated heterocycles. The van der Waals surface area contributed by atoms with Crippen LogP contribution in [0.3, 0.4) is 0 Å². The Morgan fingerprint density at radius 3 is 2.13 bits per heavy atom. The minimum atomic E-state index is -0.915. The molecule has 0 aliphatic heterocycles. The Morgan fingerprint density at radius 1 is 1.27 bits per heavy atom. The van der Waals surface area contributed by atoms with Gasteiger partial charge >= 0.3 is 0 Å². The standard InChI is InChI=1S/C11H15F2NO/c1-7(2)14(3)6-8-4-9(12)11(15)10(13)5-8/h4-5,7,15H,6H2,1-3H3. The van der Waals surface area contributed by atoms with E-state index in [-0.39, 0.29) is 0 Å². The molecular weight excluding hydrogens is 200 g/mol. The third-order valence-corrected chi connectivity index (χ3v) is 2.39. The molecule has 0 amide bonds. The van der Waals surface area contributed by atoms with Gasteiger partial charge in [-0.2, -0.15) is 0 Å². The monoisotopic (exact) mass is 215 g/mol.